The molecule has 0 aromatic heterocycles. The number of nitrogens with zero attached hydrogens (tertiary/aromatic N) is 1. The minimum absolute atomic E-state index is 0.460. The van der Waals surface area contributed by atoms with Crippen LogP contribution in [0.15, 0.2) is 0 Å². The molecule has 1 aliphatic carbocycles. The third-order valence-corrected chi connectivity index (χ3v) is 3.25. The van der Waals surface area contributed by atoms with Crippen LogP contribution in [-0.4, -0.2) is 30.6 Å². The van der Waals surface area contributed by atoms with Crippen LogP contribution in [0.5, 0.6) is 0 Å². The Morgan fingerprint density at radius 1 is 1.06 bits per heavy atom. The second kappa shape index (κ2) is 6.61. The summed E-state index contributed by atoms with van der Waals surface area (Å²) in [5, 5.41) is 0. The van der Waals surface area contributed by atoms with E-state index >= 15 is 0 Å². The first-order chi connectivity index (χ1) is 7.49. The second-order valence-corrected chi connectivity index (χ2v) is 6.34. The molecule has 0 bridgehead atoms. The monoisotopic (exact) mass is 226 g/mol. The topological polar surface area (TPSA) is 29.3 Å². The van der Waals surface area contributed by atoms with Gasteiger partial charge < -0.3 is 10.6 Å². The third-order valence-electron chi connectivity index (χ3n) is 3.25. The van der Waals surface area contributed by atoms with Gasteiger partial charge in [-0.05, 0) is 43.6 Å². The summed E-state index contributed by atoms with van der Waals surface area (Å²) in [5.41, 5.74) is 6.16. The van der Waals surface area contributed by atoms with Crippen LogP contribution in [0.25, 0.3) is 0 Å². The summed E-state index contributed by atoms with van der Waals surface area (Å²) in [6.07, 6.45) is 3.93. The summed E-state index contributed by atoms with van der Waals surface area (Å²) in [6, 6.07) is 0.460. The lowest BCUT2D eigenvalue weighted by Gasteiger charge is -2.27. The van der Waals surface area contributed by atoms with Crippen molar-refractivity contribution in [2.45, 2.75) is 53.0 Å². The molecule has 0 heterocycles. The molecule has 16 heavy (non-hydrogen) atoms. The lowest BCUT2D eigenvalue weighted by atomic mass is 10.1. The Balaban J connectivity index is 2.24. The van der Waals surface area contributed by atoms with Gasteiger partial charge in [0.15, 0.2) is 0 Å². The summed E-state index contributed by atoms with van der Waals surface area (Å²) >= 11 is 0. The van der Waals surface area contributed by atoms with Gasteiger partial charge in [-0.2, -0.15) is 0 Å². The van der Waals surface area contributed by atoms with Gasteiger partial charge in [0.05, 0.1) is 0 Å². The number of rotatable bonds is 8. The van der Waals surface area contributed by atoms with Crippen molar-refractivity contribution in [3.05, 3.63) is 0 Å². The molecule has 1 unspecified atom stereocenters. The molecule has 2 N–H and O–H groups in total. The van der Waals surface area contributed by atoms with Crippen LogP contribution in [0.4, 0.5) is 0 Å². The van der Waals surface area contributed by atoms with Crippen LogP contribution < -0.4 is 5.73 Å². The van der Waals surface area contributed by atoms with Crippen LogP contribution in [-0.2, 0) is 0 Å². The van der Waals surface area contributed by atoms with Crippen LogP contribution in [0.1, 0.15) is 47.0 Å². The molecule has 2 nitrogen and oxygen atoms in total. The van der Waals surface area contributed by atoms with Gasteiger partial charge in [-0.3, -0.25) is 0 Å². The molecule has 0 spiro atoms. The first kappa shape index (κ1) is 14.0. The summed E-state index contributed by atoms with van der Waals surface area (Å²) in [6.45, 7) is 12.8. The predicted octanol–water partition coefficient (Wildman–Crippen LogP) is 2.73. The van der Waals surface area contributed by atoms with Gasteiger partial charge in [-0.15, -0.1) is 0 Å². The molecule has 0 aromatic rings. The Kier molecular flexibility index (Phi) is 5.77. The van der Waals surface area contributed by atoms with Crippen molar-refractivity contribution in [2.24, 2.45) is 23.5 Å². The van der Waals surface area contributed by atoms with Crippen molar-refractivity contribution in [1.29, 1.82) is 0 Å². The molecule has 1 atom stereocenters. The third kappa shape index (κ3) is 5.86. The number of hydrogen-bond donors (Lipinski definition) is 1. The minimum atomic E-state index is 0.460. The quantitative estimate of drug-likeness (QED) is 0.689. The largest absolute Gasteiger partial charge is 0.327 e. The number of nitrogens with two attached hydrogens (primary N) is 1. The highest BCUT2D eigenvalue weighted by atomic mass is 15.1. The van der Waals surface area contributed by atoms with E-state index in [1.54, 1.807) is 0 Å². The minimum Gasteiger partial charge on any atom is -0.327 e. The van der Waals surface area contributed by atoms with Crippen molar-refractivity contribution in [1.82, 2.24) is 4.90 Å². The molecular weight excluding hydrogens is 196 g/mol. The maximum atomic E-state index is 6.16. The molecule has 1 saturated carbocycles. The normalized spacial score (nSPS) is 18.8. The summed E-state index contributed by atoms with van der Waals surface area (Å²) in [4.78, 5) is 2.59. The fourth-order valence-electron chi connectivity index (χ4n) is 2.38. The first-order valence-corrected chi connectivity index (χ1v) is 6.97. The predicted molar refractivity (Wildman–Crippen MR) is 71.4 cm³/mol. The average molecular weight is 226 g/mol. The van der Waals surface area contributed by atoms with Crippen LogP contribution in [0.2, 0.25) is 0 Å². The second-order valence-electron chi connectivity index (χ2n) is 6.34. The fourth-order valence-corrected chi connectivity index (χ4v) is 2.38. The molecule has 0 saturated heterocycles. The van der Waals surface area contributed by atoms with E-state index in [1.807, 2.05) is 0 Å². The molecule has 1 fully saturated rings. The Bertz CT molecular complexity index is 175. The van der Waals surface area contributed by atoms with Crippen LogP contribution in [0, 0.1) is 17.8 Å². The molecule has 1 aliphatic rings. The zero-order valence-corrected chi connectivity index (χ0v) is 11.6. The van der Waals surface area contributed by atoms with Crippen molar-refractivity contribution in [3.63, 3.8) is 0 Å². The Hall–Kier alpha value is -0.0800. The zero-order valence-electron chi connectivity index (χ0n) is 11.6. The molecule has 0 aliphatic heterocycles. The van der Waals surface area contributed by atoms with Crippen molar-refractivity contribution in [3.8, 4) is 0 Å². The van der Waals surface area contributed by atoms with Crippen LogP contribution >= 0.6 is 0 Å². The van der Waals surface area contributed by atoms with E-state index in [4.69, 9.17) is 5.73 Å². The summed E-state index contributed by atoms with van der Waals surface area (Å²) < 4.78 is 0. The van der Waals surface area contributed by atoms with E-state index in [1.165, 1.54) is 38.9 Å². The van der Waals surface area contributed by atoms with E-state index in [0.29, 0.717) is 6.04 Å². The number of hydrogen-bond acceptors (Lipinski definition) is 2. The van der Waals surface area contributed by atoms with Gasteiger partial charge in [0, 0.05) is 19.1 Å². The Morgan fingerprint density at radius 2 is 1.56 bits per heavy atom. The van der Waals surface area contributed by atoms with E-state index < -0.39 is 0 Å². The van der Waals surface area contributed by atoms with Crippen molar-refractivity contribution < 1.29 is 0 Å². The van der Waals surface area contributed by atoms with Crippen molar-refractivity contribution in [2.75, 3.05) is 19.6 Å². The van der Waals surface area contributed by atoms with Gasteiger partial charge in [0.2, 0.25) is 0 Å². The molecule has 2 heteroatoms. The average Bonchev–Trinajstić information content (AvgIpc) is 2.94. The summed E-state index contributed by atoms with van der Waals surface area (Å²) in [7, 11) is 0. The van der Waals surface area contributed by atoms with Gasteiger partial charge in [0.25, 0.3) is 0 Å². The Labute approximate surface area is 102 Å². The molecule has 0 radical (unpaired) electrons. The first-order valence-electron chi connectivity index (χ1n) is 6.97. The molecule has 96 valence electrons. The van der Waals surface area contributed by atoms with Gasteiger partial charge >= 0.3 is 0 Å². The maximum Gasteiger partial charge on any atom is 0.00793 e. The molecular formula is C14H30N2. The smallest absolute Gasteiger partial charge is 0.00793 e. The zero-order chi connectivity index (χ0) is 12.1. The van der Waals surface area contributed by atoms with Gasteiger partial charge in [0.1, 0.15) is 0 Å². The molecule has 0 amide bonds. The van der Waals surface area contributed by atoms with Gasteiger partial charge in [-0.25, -0.2) is 0 Å². The highest BCUT2D eigenvalue weighted by Crippen LogP contribution is 2.32. The van der Waals surface area contributed by atoms with E-state index in [2.05, 4.69) is 32.6 Å². The van der Waals surface area contributed by atoms with E-state index in [-0.39, 0.29) is 0 Å². The molecule has 0 aromatic carbocycles. The maximum absolute atomic E-state index is 6.16. The lowest BCUT2D eigenvalue weighted by molar-refractivity contribution is 0.210. The highest BCUT2D eigenvalue weighted by molar-refractivity contribution is 4.84. The van der Waals surface area contributed by atoms with Crippen molar-refractivity contribution >= 4 is 0 Å². The van der Waals surface area contributed by atoms with Crippen LogP contribution in [0.3, 0.4) is 0 Å². The SMILES string of the molecule is CC(C)CN(CCC(N)C1CC1)CC(C)C. The Morgan fingerprint density at radius 3 is 1.94 bits per heavy atom. The molecule has 1 rings (SSSR count). The standard InChI is InChI=1S/C14H30N2/c1-11(2)9-16(10-12(3)4)8-7-14(15)13-5-6-13/h11-14H,5-10,15H2,1-4H3. The van der Waals surface area contributed by atoms with E-state index in [9.17, 15) is 0 Å². The lowest BCUT2D eigenvalue weighted by Crippen LogP contribution is -2.36. The highest BCUT2D eigenvalue weighted by Gasteiger charge is 2.28. The van der Waals surface area contributed by atoms with Gasteiger partial charge in [-0.1, -0.05) is 27.7 Å². The summed E-state index contributed by atoms with van der Waals surface area (Å²) in [5.74, 6) is 2.37. The fraction of sp³-hybridized carbons (Fsp3) is 1.00. The van der Waals surface area contributed by atoms with E-state index in [0.717, 1.165) is 17.8 Å².